The van der Waals surface area contributed by atoms with E-state index in [1.165, 1.54) is 6.08 Å². The number of nitro benzene ring substituents is 2. The van der Waals surface area contributed by atoms with Gasteiger partial charge in [0.2, 0.25) is 5.90 Å². The van der Waals surface area contributed by atoms with E-state index in [1.54, 1.807) is 19.1 Å². The fourth-order valence-electron chi connectivity index (χ4n) is 2.16. The summed E-state index contributed by atoms with van der Waals surface area (Å²) >= 11 is 0. The minimum absolute atomic E-state index is 0.1000. The molecule has 0 N–H and O–H groups in total. The van der Waals surface area contributed by atoms with Crippen molar-refractivity contribution in [2.75, 3.05) is 0 Å². The summed E-state index contributed by atoms with van der Waals surface area (Å²) < 4.78 is 10.3. The largest absolute Gasteiger partial charge is 0.462 e. The molecule has 0 saturated heterocycles. The molecule has 2 aromatic rings. The number of benzene rings is 1. The van der Waals surface area contributed by atoms with E-state index in [4.69, 9.17) is 9.15 Å². The van der Waals surface area contributed by atoms with Gasteiger partial charge < -0.3 is 9.15 Å². The van der Waals surface area contributed by atoms with Gasteiger partial charge in [-0.2, -0.15) is 0 Å². The number of aliphatic imine (C=N–C) groups is 1. The van der Waals surface area contributed by atoms with Gasteiger partial charge in [-0.05, 0) is 25.1 Å². The number of cyclic esters (lactones) is 1. The minimum Gasteiger partial charge on any atom is -0.462 e. The molecule has 10 nitrogen and oxygen atoms in total. The van der Waals surface area contributed by atoms with Crippen LogP contribution in [0.4, 0.5) is 11.4 Å². The van der Waals surface area contributed by atoms with Crippen molar-refractivity contribution in [3.05, 3.63) is 73.3 Å². The molecule has 0 radical (unpaired) electrons. The van der Waals surface area contributed by atoms with Gasteiger partial charge in [-0.3, -0.25) is 20.2 Å². The highest BCUT2D eigenvalue weighted by molar-refractivity contribution is 6.14. The number of carbonyl (C=O) groups excluding carboxylic acids is 1. The quantitative estimate of drug-likeness (QED) is 0.360. The number of aryl methyl sites for hydroxylation is 1. The molecular weight excluding hydrogens is 334 g/mol. The van der Waals surface area contributed by atoms with Crippen molar-refractivity contribution in [2.24, 2.45) is 4.99 Å². The van der Waals surface area contributed by atoms with Crippen LogP contribution >= 0.6 is 0 Å². The third kappa shape index (κ3) is 3.13. The number of ether oxygens (including phenoxy) is 1. The first-order valence-corrected chi connectivity index (χ1v) is 6.87. The van der Waals surface area contributed by atoms with E-state index in [0.717, 1.165) is 18.2 Å². The topological polar surface area (TPSA) is 138 Å². The van der Waals surface area contributed by atoms with Gasteiger partial charge in [0.1, 0.15) is 17.1 Å². The van der Waals surface area contributed by atoms with Gasteiger partial charge >= 0.3 is 5.97 Å². The van der Waals surface area contributed by atoms with Crippen LogP contribution in [0.1, 0.15) is 17.1 Å². The summed E-state index contributed by atoms with van der Waals surface area (Å²) in [5.74, 6) is -0.112. The first kappa shape index (κ1) is 16.1. The maximum absolute atomic E-state index is 11.9. The third-order valence-electron chi connectivity index (χ3n) is 3.28. The second-order valence-corrected chi connectivity index (χ2v) is 5.00. The molecule has 0 saturated carbocycles. The van der Waals surface area contributed by atoms with E-state index in [1.807, 2.05) is 0 Å². The molecule has 3 rings (SSSR count). The Morgan fingerprint density at radius 3 is 2.48 bits per heavy atom. The molecule has 126 valence electrons. The van der Waals surface area contributed by atoms with Gasteiger partial charge in [0.25, 0.3) is 11.4 Å². The van der Waals surface area contributed by atoms with Gasteiger partial charge in [-0.15, -0.1) is 0 Å². The summed E-state index contributed by atoms with van der Waals surface area (Å²) in [4.78, 5) is 36.2. The number of nitro groups is 2. The fraction of sp³-hybridized carbons (Fsp3) is 0.0667. The molecule has 10 heteroatoms. The first-order valence-electron chi connectivity index (χ1n) is 6.87. The number of furan rings is 1. The number of non-ortho nitro benzene ring substituents is 1. The van der Waals surface area contributed by atoms with Crippen molar-refractivity contribution in [3.63, 3.8) is 0 Å². The van der Waals surface area contributed by atoms with Gasteiger partial charge in [0.15, 0.2) is 5.70 Å². The third-order valence-corrected chi connectivity index (χ3v) is 3.28. The van der Waals surface area contributed by atoms with Gasteiger partial charge in [0, 0.05) is 12.1 Å². The number of hydrogen-bond acceptors (Lipinski definition) is 8. The maximum Gasteiger partial charge on any atom is 0.363 e. The Bertz CT molecular complexity index is 971. The van der Waals surface area contributed by atoms with Crippen molar-refractivity contribution in [2.45, 2.75) is 6.92 Å². The molecule has 1 aliphatic rings. The number of rotatable bonds is 4. The lowest BCUT2D eigenvalue weighted by atomic mass is 10.1. The highest BCUT2D eigenvalue weighted by Crippen LogP contribution is 2.28. The standard InChI is InChI=1S/C15H9N3O7/c1-8-2-4-10(24-8)7-12-15(19)25-14(16-12)11-5-3-9(17(20)21)6-13(11)18(22)23/h2-7H,1H3/b12-7-. The normalized spacial score (nSPS) is 15.2. The molecule has 0 unspecified atom stereocenters. The smallest absolute Gasteiger partial charge is 0.363 e. The summed E-state index contributed by atoms with van der Waals surface area (Å²) in [5.41, 5.74) is -1.28. The predicted molar refractivity (Wildman–Crippen MR) is 83.8 cm³/mol. The fourth-order valence-corrected chi connectivity index (χ4v) is 2.16. The molecule has 1 aliphatic heterocycles. The Hall–Kier alpha value is -3.82. The Morgan fingerprint density at radius 1 is 1.12 bits per heavy atom. The Balaban J connectivity index is 2.03. The van der Waals surface area contributed by atoms with Crippen LogP contribution < -0.4 is 0 Å². The molecular formula is C15H9N3O7. The maximum atomic E-state index is 11.9. The van der Waals surface area contributed by atoms with Crippen LogP contribution in [0, 0.1) is 27.2 Å². The van der Waals surface area contributed by atoms with Crippen molar-refractivity contribution >= 4 is 29.3 Å². The molecule has 0 amide bonds. The van der Waals surface area contributed by atoms with E-state index in [9.17, 15) is 25.0 Å². The van der Waals surface area contributed by atoms with E-state index in [0.29, 0.717) is 11.5 Å². The average molecular weight is 343 g/mol. The predicted octanol–water partition coefficient (Wildman–Crippen LogP) is 2.75. The Labute approximate surface area is 139 Å². The molecule has 0 aliphatic carbocycles. The molecule has 0 atom stereocenters. The van der Waals surface area contributed by atoms with Gasteiger partial charge in [0.05, 0.1) is 15.9 Å². The SMILES string of the molecule is Cc1ccc(/C=C2\N=C(c3ccc([N+](=O)[O-])cc3[N+](=O)[O-])OC2=O)o1. The van der Waals surface area contributed by atoms with Gasteiger partial charge in [-0.25, -0.2) is 9.79 Å². The second-order valence-electron chi connectivity index (χ2n) is 5.00. The van der Waals surface area contributed by atoms with Gasteiger partial charge in [-0.1, -0.05) is 0 Å². The van der Waals surface area contributed by atoms with Crippen LogP contribution in [0.5, 0.6) is 0 Å². The lowest BCUT2D eigenvalue weighted by Gasteiger charge is -2.01. The van der Waals surface area contributed by atoms with E-state index >= 15 is 0 Å². The van der Waals surface area contributed by atoms with Crippen molar-refractivity contribution in [3.8, 4) is 0 Å². The molecule has 0 fully saturated rings. The van der Waals surface area contributed by atoms with Crippen LogP contribution in [0.3, 0.4) is 0 Å². The Morgan fingerprint density at radius 2 is 1.88 bits per heavy atom. The zero-order valence-electron chi connectivity index (χ0n) is 12.7. The number of carbonyl (C=O) groups is 1. The first-order chi connectivity index (χ1) is 11.8. The average Bonchev–Trinajstić information content (AvgIpc) is 3.13. The van der Waals surface area contributed by atoms with E-state index in [-0.39, 0.29) is 17.2 Å². The Kier molecular flexibility index (Phi) is 3.85. The number of nitrogens with zero attached hydrogens (tertiary/aromatic N) is 3. The number of esters is 1. The van der Waals surface area contributed by atoms with Crippen LogP contribution in [-0.2, 0) is 9.53 Å². The summed E-state index contributed by atoms with van der Waals surface area (Å²) in [6.45, 7) is 1.73. The molecule has 0 spiro atoms. The van der Waals surface area contributed by atoms with Crippen LogP contribution in [-0.4, -0.2) is 21.7 Å². The summed E-state index contributed by atoms with van der Waals surface area (Å²) in [7, 11) is 0. The molecule has 1 aromatic heterocycles. The molecule has 1 aromatic carbocycles. The molecule has 0 bridgehead atoms. The van der Waals surface area contributed by atoms with Crippen molar-refractivity contribution in [1.82, 2.24) is 0 Å². The monoisotopic (exact) mass is 343 g/mol. The second kappa shape index (κ2) is 6.00. The van der Waals surface area contributed by atoms with E-state index in [2.05, 4.69) is 4.99 Å². The van der Waals surface area contributed by atoms with E-state index < -0.39 is 27.2 Å². The zero-order chi connectivity index (χ0) is 18.1. The lowest BCUT2D eigenvalue weighted by Crippen LogP contribution is -2.08. The van der Waals surface area contributed by atoms with Crippen LogP contribution in [0.25, 0.3) is 6.08 Å². The minimum atomic E-state index is -0.809. The van der Waals surface area contributed by atoms with Crippen LogP contribution in [0.2, 0.25) is 0 Å². The summed E-state index contributed by atoms with van der Waals surface area (Å²) in [6.07, 6.45) is 1.33. The van der Waals surface area contributed by atoms with Crippen molar-refractivity contribution < 1.29 is 23.8 Å². The summed E-state index contributed by atoms with van der Waals surface area (Å²) in [5, 5.41) is 21.9. The molecule has 25 heavy (non-hydrogen) atoms. The highest BCUT2D eigenvalue weighted by Gasteiger charge is 2.31. The zero-order valence-corrected chi connectivity index (χ0v) is 12.7. The highest BCUT2D eigenvalue weighted by atomic mass is 16.6. The lowest BCUT2D eigenvalue weighted by molar-refractivity contribution is -0.394. The van der Waals surface area contributed by atoms with Crippen LogP contribution in [0.15, 0.2) is 45.4 Å². The molecule has 2 heterocycles. The number of hydrogen-bond donors (Lipinski definition) is 0. The van der Waals surface area contributed by atoms with Crippen molar-refractivity contribution in [1.29, 1.82) is 0 Å². The summed E-state index contributed by atoms with van der Waals surface area (Å²) in [6, 6.07) is 6.28.